The second-order valence-electron chi connectivity index (χ2n) is 4.03. The molecule has 1 aromatic carbocycles. The maximum atomic E-state index is 6.05. The second-order valence-corrected chi connectivity index (χ2v) is 5.23. The molecule has 0 atom stereocenters. The molecule has 0 bridgehead atoms. The standard InChI is InChI=1S/C13H15BrClN3/c1-2-6-18-9-16-7-10(18)8-17-12-5-3-4-11(15)13(12)14/h3-5,7,9,17H,2,6,8H2,1H3. The van der Waals surface area contributed by atoms with Gasteiger partial charge in [-0.1, -0.05) is 24.6 Å². The monoisotopic (exact) mass is 327 g/mol. The minimum absolute atomic E-state index is 0.710. The summed E-state index contributed by atoms with van der Waals surface area (Å²) in [5.41, 5.74) is 2.16. The van der Waals surface area contributed by atoms with Crippen molar-refractivity contribution in [1.29, 1.82) is 0 Å². The number of nitrogens with one attached hydrogen (secondary N) is 1. The van der Waals surface area contributed by atoms with Gasteiger partial charge in [-0.15, -0.1) is 0 Å². The molecule has 5 heteroatoms. The van der Waals surface area contributed by atoms with Crippen LogP contribution in [-0.4, -0.2) is 9.55 Å². The Hall–Kier alpha value is -1.000. The van der Waals surface area contributed by atoms with E-state index in [1.807, 2.05) is 30.7 Å². The lowest BCUT2D eigenvalue weighted by atomic mass is 10.3. The first kappa shape index (κ1) is 13.4. The summed E-state index contributed by atoms with van der Waals surface area (Å²) in [6, 6.07) is 5.79. The van der Waals surface area contributed by atoms with Crippen molar-refractivity contribution in [2.24, 2.45) is 0 Å². The number of benzene rings is 1. The summed E-state index contributed by atoms with van der Waals surface area (Å²) in [5, 5.41) is 4.07. The van der Waals surface area contributed by atoms with Crippen LogP contribution in [0.1, 0.15) is 19.0 Å². The smallest absolute Gasteiger partial charge is 0.0948 e. The Morgan fingerprint density at radius 1 is 1.44 bits per heavy atom. The molecule has 1 N–H and O–H groups in total. The van der Waals surface area contributed by atoms with Gasteiger partial charge in [0.05, 0.1) is 33.7 Å². The molecule has 1 heterocycles. The molecule has 0 unspecified atom stereocenters. The maximum absolute atomic E-state index is 6.05. The molecule has 0 aliphatic rings. The number of aryl methyl sites for hydroxylation is 1. The van der Waals surface area contributed by atoms with Crippen molar-refractivity contribution < 1.29 is 0 Å². The van der Waals surface area contributed by atoms with Gasteiger partial charge in [0.15, 0.2) is 0 Å². The lowest BCUT2D eigenvalue weighted by Gasteiger charge is -2.11. The Morgan fingerprint density at radius 3 is 3.06 bits per heavy atom. The number of aromatic nitrogens is 2. The zero-order chi connectivity index (χ0) is 13.0. The summed E-state index contributed by atoms with van der Waals surface area (Å²) in [4.78, 5) is 4.18. The largest absolute Gasteiger partial charge is 0.378 e. The van der Waals surface area contributed by atoms with E-state index in [0.29, 0.717) is 5.02 Å². The predicted molar refractivity (Wildman–Crippen MR) is 79.0 cm³/mol. The SMILES string of the molecule is CCCn1cncc1CNc1cccc(Cl)c1Br. The van der Waals surface area contributed by atoms with Gasteiger partial charge in [0.2, 0.25) is 0 Å². The van der Waals surface area contributed by atoms with Gasteiger partial charge in [0, 0.05) is 12.7 Å². The van der Waals surface area contributed by atoms with Crippen LogP contribution in [0.25, 0.3) is 0 Å². The number of rotatable bonds is 5. The first-order valence-corrected chi connectivity index (χ1v) is 7.06. The normalized spacial score (nSPS) is 10.6. The molecule has 2 aromatic rings. The summed E-state index contributed by atoms with van der Waals surface area (Å²) in [6.07, 6.45) is 4.86. The van der Waals surface area contributed by atoms with Gasteiger partial charge in [-0.2, -0.15) is 0 Å². The first-order valence-electron chi connectivity index (χ1n) is 5.89. The highest BCUT2D eigenvalue weighted by atomic mass is 79.9. The van der Waals surface area contributed by atoms with E-state index in [0.717, 1.165) is 29.7 Å². The fourth-order valence-electron chi connectivity index (χ4n) is 1.76. The van der Waals surface area contributed by atoms with Crippen molar-refractivity contribution in [2.45, 2.75) is 26.4 Å². The van der Waals surface area contributed by atoms with Gasteiger partial charge in [-0.3, -0.25) is 0 Å². The van der Waals surface area contributed by atoms with Crippen molar-refractivity contribution in [3.05, 3.63) is 45.9 Å². The number of hydrogen-bond acceptors (Lipinski definition) is 2. The molecule has 3 nitrogen and oxygen atoms in total. The maximum Gasteiger partial charge on any atom is 0.0948 e. The van der Waals surface area contributed by atoms with E-state index in [1.54, 1.807) is 0 Å². The van der Waals surface area contributed by atoms with Gasteiger partial charge in [0.25, 0.3) is 0 Å². The van der Waals surface area contributed by atoms with E-state index in [1.165, 1.54) is 5.69 Å². The highest BCUT2D eigenvalue weighted by Gasteiger charge is 2.05. The molecule has 0 saturated carbocycles. The van der Waals surface area contributed by atoms with Crippen LogP contribution in [0.3, 0.4) is 0 Å². The van der Waals surface area contributed by atoms with E-state index in [-0.39, 0.29) is 0 Å². The fraction of sp³-hybridized carbons (Fsp3) is 0.308. The van der Waals surface area contributed by atoms with Crippen LogP contribution >= 0.6 is 27.5 Å². The third-order valence-corrected chi connectivity index (χ3v) is 4.07. The molecular weight excluding hydrogens is 314 g/mol. The number of imidazole rings is 1. The average molecular weight is 329 g/mol. The van der Waals surface area contributed by atoms with Crippen molar-refractivity contribution in [2.75, 3.05) is 5.32 Å². The van der Waals surface area contributed by atoms with Crippen LogP contribution in [-0.2, 0) is 13.1 Å². The molecule has 0 spiro atoms. The lowest BCUT2D eigenvalue weighted by molar-refractivity contribution is 0.651. The van der Waals surface area contributed by atoms with Crippen molar-refractivity contribution in [3.8, 4) is 0 Å². The Labute approximate surface area is 120 Å². The molecule has 0 aliphatic heterocycles. The summed E-state index contributed by atoms with van der Waals surface area (Å²) < 4.78 is 3.05. The molecule has 0 saturated heterocycles. The Morgan fingerprint density at radius 2 is 2.28 bits per heavy atom. The third-order valence-electron chi connectivity index (χ3n) is 2.67. The number of halogens is 2. The summed E-state index contributed by atoms with van der Waals surface area (Å²) in [7, 11) is 0. The second kappa shape index (κ2) is 6.25. The number of hydrogen-bond donors (Lipinski definition) is 1. The Kier molecular flexibility index (Phi) is 4.66. The molecule has 96 valence electrons. The first-order chi connectivity index (χ1) is 8.72. The molecule has 18 heavy (non-hydrogen) atoms. The van der Waals surface area contributed by atoms with Crippen molar-refractivity contribution in [3.63, 3.8) is 0 Å². The van der Waals surface area contributed by atoms with Crippen molar-refractivity contribution >= 4 is 33.2 Å². The molecule has 0 radical (unpaired) electrons. The molecule has 0 aliphatic carbocycles. The summed E-state index contributed by atoms with van der Waals surface area (Å²) >= 11 is 9.53. The fourth-order valence-corrected chi connectivity index (χ4v) is 2.34. The molecular formula is C13H15BrClN3. The quantitative estimate of drug-likeness (QED) is 0.886. The minimum atomic E-state index is 0.710. The summed E-state index contributed by atoms with van der Waals surface area (Å²) in [5.74, 6) is 0. The van der Waals surface area contributed by atoms with Gasteiger partial charge in [0.1, 0.15) is 0 Å². The van der Waals surface area contributed by atoms with Crippen molar-refractivity contribution in [1.82, 2.24) is 9.55 Å². The summed E-state index contributed by atoms with van der Waals surface area (Å²) in [6.45, 7) is 3.89. The predicted octanol–water partition coefficient (Wildman–Crippen LogP) is 4.32. The van der Waals surface area contributed by atoms with Crippen LogP contribution in [0.4, 0.5) is 5.69 Å². The molecule has 1 aromatic heterocycles. The average Bonchev–Trinajstić information content (AvgIpc) is 2.79. The van der Waals surface area contributed by atoms with E-state index in [4.69, 9.17) is 11.6 Å². The van der Waals surface area contributed by atoms with E-state index < -0.39 is 0 Å². The highest BCUT2D eigenvalue weighted by molar-refractivity contribution is 9.10. The van der Waals surface area contributed by atoms with Gasteiger partial charge < -0.3 is 9.88 Å². The van der Waals surface area contributed by atoms with E-state index >= 15 is 0 Å². The Balaban J connectivity index is 2.07. The lowest BCUT2D eigenvalue weighted by Crippen LogP contribution is -2.07. The van der Waals surface area contributed by atoms with E-state index in [9.17, 15) is 0 Å². The number of anilines is 1. The highest BCUT2D eigenvalue weighted by Crippen LogP contribution is 2.30. The van der Waals surface area contributed by atoms with Crippen LogP contribution in [0, 0.1) is 0 Å². The molecule has 0 amide bonds. The minimum Gasteiger partial charge on any atom is -0.378 e. The van der Waals surface area contributed by atoms with Gasteiger partial charge in [-0.05, 0) is 34.5 Å². The van der Waals surface area contributed by atoms with E-state index in [2.05, 4.69) is 37.7 Å². The zero-order valence-electron chi connectivity index (χ0n) is 10.2. The Bertz CT molecular complexity index is 525. The van der Waals surface area contributed by atoms with Crippen LogP contribution in [0.15, 0.2) is 35.2 Å². The van der Waals surface area contributed by atoms with Crippen LogP contribution in [0.5, 0.6) is 0 Å². The number of nitrogens with zero attached hydrogens (tertiary/aromatic N) is 2. The zero-order valence-corrected chi connectivity index (χ0v) is 12.5. The molecule has 0 fully saturated rings. The third kappa shape index (κ3) is 3.06. The van der Waals surface area contributed by atoms with Crippen LogP contribution < -0.4 is 5.32 Å². The topological polar surface area (TPSA) is 29.9 Å². The molecule has 2 rings (SSSR count). The van der Waals surface area contributed by atoms with Gasteiger partial charge >= 0.3 is 0 Å². The van der Waals surface area contributed by atoms with Gasteiger partial charge in [-0.25, -0.2) is 4.98 Å². The van der Waals surface area contributed by atoms with Crippen LogP contribution in [0.2, 0.25) is 5.02 Å².